The predicted molar refractivity (Wildman–Crippen MR) is 186 cm³/mol. The van der Waals surface area contributed by atoms with E-state index in [1.54, 1.807) is 45.3 Å². The third kappa shape index (κ3) is 13.2. The summed E-state index contributed by atoms with van der Waals surface area (Å²) in [5, 5.41) is 0. The molecule has 0 atom stereocenters. The molecule has 4 rings (SSSR count). The summed E-state index contributed by atoms with van der Waals surface area (Å²) in [6.07, 6.45) is 4.78. The van der Waals surface area contributed by atoms with Crippen molar-refractivity contribution in [1.29, 1.82) is 0 Å². The molecule has 0 saturated heterocycles. The average Bonchev–Trinajstić information content (AvgIpc) is 3.46. The minimum atomic E-state index is 0.983. The van der Waals surface area contributed by atoms with Crippen LogP contribution < -0.4 is 0 Å². The summed E-state index contributed by atoms with van der Waals surface area (Å²) in [6, 6.07) is 8.49. The molecule has 0 N–H and O–H groups in total. The number of allylic oxidation sites excluding steroid dienone is 1. The van der Waals surface area contributed by atoms with Crippen LogP contribution in [0.15, 0.2) is 66.2 Å². The molecule has 0 saturated carbocycles. The van der Waals surface area contributed by atoms with Crippen LogP contribution in [0, 0.1) is 27.7 Å². The maximum absolute atomic E-state index is 3.69. The lowest BCUT2D eigenvalue weighted by Gasteiger charge is -1.82. The maximum atomic E-state index is 3.69. The minimum absolute atomic E-state index is 0.983. The molecule has 0 bridgehead atoms. The normalized spacial score (nSPS) is 9.77. The molecule has 0 aliphatic carbocycles. The summed E-state index contributed by atoms with van der Waals surface area (Å²) >= 11 is 27.4. The van der Waals surface area contributed by atoms with Gasteiger partial charge < -0.3 is 0 Å². The van der Waals surface area contributed by atoms with Gasteiger partial charge in [0.25, 0.3) is 0 Å². The highest BCUT2D eigenvalue weighted by molar-refractivity contribution is 9.12. The Morgan fingerprint density at radius 3 is 1.20 bits per heavy atom. The Morgan fingerprint density at radius 2 is 1.00 bits per heavy atom. The van der Waals surface area contributed by atoms with Gasteiger partial charge in [0.15, 0.2) is 0 Å². The molecule has 0 fully saturated rings. The number of hydrogen-bond acceptors (Lipinski definition) is 4. The molecule has 35 heavy (non-hydrogen) atoms. The third-order valence-corrected chi connectivity index (χ3v) is 13.6. The van der Waals surface area contributed by atoms with Crippen molar-refractivity contribution in [2.75, 3.05) is 0 Å². The standard InChI is InChI=1S/C8H9BrS.C7H7BrS.2C5H4Br2S/c1-3-4-7-5-6(2)8(9)10-7;1-3-6-4-5(2)7(8)9-6;2*1-3-2-4(6)8-5(3)7/h3,5H,1,4H2,2H3;3-4H,1H2,2H3;2*2H,1H3. The van der Waals surface area contributed by atoms with Crippen molar-refractivity contribution in [3.05, 3.63) is 98.2 Å². The lowest BCUT2D eigenvalue weighted by Crippen LogP contribution is -1.68. The monoisotopic (exact) mass is 926 g/mol. The van der Waals surface area contributed by atoms with Gasteiger partial charge in [-0.1, -0.05) is 18.7 Å². The highest BCUT2D eigenvalue weighted by Gasteiger charge is 2.00. The van der Waals surface area contributed by atoms with E-state index in [-0.39, 0.29) is 0 Å². The molecule has 0 aliphatic rings. The van der Waals surface area contributed by atoms with Crippen LogP contribution in [0.25, 0.3) is 6.08 Å². The Bertz CT molecular complexity index is 1110. The molecule has 0 nitrogen and oxygen atoms in total. The van der Waals surface area contributed by atoms with Crippen LogP contribution in [-0.4, -0.2) is 0 Å². The first kappa shape index (κ1) is 34.2. The molecule has 190 valence electrons. The highest BCUT2D eigenvalue weighted by Crippen LogP contribution is 2.32. The van der Waals surface area contributed by atoms with Crippen LogP contribution in [0.3, 0.4) is 0 Å². The number of rotatable bonds is 3. The van der Waals surface area contributed by atoms with E-state index in [1.807, 2.05) is 12.2 Å². The van der Waals surface area contributed by atoms with Crippen molar-refractivity contribution in [3.63, 3.8) is 0 Å². The smallest absolute Gasteiger partial charge is 0.0739 e. The fourth-order valence-electron chi connectivity index (χ4n) is 2.20. The van der Waals surface area contributed by atoms with Crippen molar-refractivity contribution in [3.8, 4) is 0 Å². The van der Waals surface area contributed by atoms with Gasteiger partial charge in [-0.25, -0.2) is 0 Å². The van der Waals surface area contributed by atoms with Gasteiger partial charge in [0.05, 0.1) is 22.7 Å². The predicted octanol–water partition coefficient (Wildman–Crippen LogP) is 14.2. The number of hydrogen-bond donors (Lipinski definition) is 0. The Morgan fingerprint density at radius 1 is 0.600 bits per heavy atom. The second kappa shape index (κ2) is 17.7. The zero-order valence-corrected chi connectivity index (χ0v) is 32.3. The summed E-state index contributed by atoms with van der Waals surface area (Å²) in [6.45, 7) is 15.7. The van der Waals surface area contributed by atoms with E-state index in [4.69, 9.17) is 0 Å². The van der Waals surface area contributed by atoms with Gasteiger partial charge in [0.1, 0.15) is 0 Å². The topological polar surface area (TPSA) is 0 Å². The van der Waals surface area contributed by atoms with E-state index < -0.39 is 0 Å². The molecule has 4 aromatic heterocycles. The Hall–Kier alpha value is 1.16. The Kier molecular flexibility index (Phi) is 17.3. The number of thiophene rings is 4. The van der Waals surface area contributed by atoms with Gasteiger partial charge >= 0.3 is 0 Å². The van der Waals surface area contributed by atoms with Gasteiger partial charge in [-0.2, -0.15) is 0 Å². The lowest BCUT2D eigenvalue weighted by molar-refractivity contribution is 1.34. The van der Waals surface area contributed by atoms with Crippen LogP contribution in [0.5, 0.6) is 0 Å². The fourth-order valence-corrected chi connectivity index (χ4v) is 10.7. The number of halogens is 6. The van der Waals surface area contributed by atoms with Gasteiger partial charge in [0, 0.05) is 9.75 Å². The first-order valence-electron chi connectivity index (χ1n) is 9.94. The van der Waals surface area contributed by atoms with Gasteiger partial charge in [-0.3, -0.25) is 0 Å². The average molecular weight is 932 g/mol. The summed E-state index contributed by atoms with van der Waals surface area (Å²) in [7, 11) is 0. The molecule has 0 radical (unpaired) electrons. The number of aryl methyl sites for hydroxylation is 4. The molecular formula is C25H24Br6S4. The van der Waals surface area contributed by atoms with E-state index in [1.165, 1.54) is 54.7 Å². The SMILES string of the molecule is C=CCc1cc(C)c(Br)s1.C=Cc1cc(C)c(Br)s1.Cc1cc(Br)sc1Br.Cc1cc(Br)sc1Br. The maximum Gasteiger partial charge on any atom is 0.0739 e. The molecule has 4 aromatic rings. The van der Waals surface area contributed by atoms with Crippen molar-refractivity contribution in [1.82, 2.24) is 0 Å². The molecule has 0 spiro atoms. The van der Waals surface area contributed by atoms with Crippen molar-refractivity contribution >= 4 is 147 Å². The molecule has 10 heteroatoms. The second-order valence-electron chi connectivity index (χ2n) is 6.99. The molecule has 0 unspecified atom stereocenters. The Balaban J connectivity index is 0.000000234. The fraction of sp³-hybridized carbons (Fsp3) is 0.200. The van der Waals surface area contributed by atoms with Crippen LogP contribution in [0.4, 0.5) is 0 Å². The van der Waals surface area contributed by atoms with Crippen LogP contribution >= 0.6 is 141 Å². The summed E-state index contributed by atoms with van der Waals surface area (Å²) < 4.78 is 7.24. The van der Waals surface area contributed by atoms with E-state index in [9.17, 15) is 0 Å². The van der Waals surface area contributed by atoms with Crippen LogP contribution in [0.2, 0.25) is 0 Å². The van der Waals surface area contributed by atoms with Gasteiger partial charge in [-0.05, 0) is 176 Å². The molecular weight excluding hydrogens is 908 g/mol. The van der Waals surface area contributed by atoms with E-state index in [0.29, 0.717) is 0 Å². The van der Waals surface area contributed by atoms with E-state index in [0.717, 1.165) is 6.42 Å². The Labute approximate surface area is 275 Å². The van der Waals surface area contributed by atoms with Gasteiger partial charge in [-0.15, -0.1) is 51.9 Å². The first-order chi connectivity index (χ1) is 16.4. The molecule has 4 heterocycles. The van der Waals surface area contributed by atoms with Crippen LogP contribution in [-0.2, 0) is 6.42 Å². The van der Waals surface area contributed by atoms with Crippen molar-refractivity contribution < 1.29 is 0 Å². The summed E-state index contributed by atoms with van der Waals surface area (Å²) in [4.78, 5) is 2.60. The van der Waals surface area contributed by atoms with Gasteiger partial charge in [0.2, 0.25) is 0 Å². The zero-order valence-electron chi connectivity index (χ0n) is 19.5. The molecule has 0 aromatic carbocycles. The minimum Gasteiger partial charge on any atom is -0.133 e. The summed E-state index contributed by atoms with van der Waals surface area (Å²) in [5.74, 6) is 0. The summed E-state index contributed by atoms with van der Waals surface area (Å²) in [5.41, 5.74) is 5.19. The second-order valence-corrected chi connectivity index (χ2v) is 19.3. The third-order valence-electron chi connectivity index (χ3n) is 3.99. The van der Waals surface area contributed by atoms with E-state index in [2.05, 4.69) is 161 Å². The van der Waals surface area contributed by atoms with Crippen molar-refractivity contribution in [2.24, 2.45) is 0 Å². The first-order valence-corrected chi connectivity index (χ1v) is 18.0. The van der Waals surface area contributed by atoms with Crippen LogP contribution in [0.1, 0.15) is 32.0 Å². The zero-order chi connectivity index (χ0) is 26.7. The highest BCUT2D eigenvalue weighted by atomic mass is 79.9. The molecule has 0 aliphatic heterocycles. The van der Waals surface area contributed by atoms with Crippen molar-refractivity contribution in [2.45, 2.75) is 34.1 Å². The molecule has 0 amide bonds. The largest absolute Gasteiger partial charge is 0.133 e. The quantitative estimate of drug-likeness (QED) is 0.180. The lowest BCUT2D eigenvalue weighted by atomic mass is 10.3. The van der Waals surface area contributed by atoms with E-state index >= 15 is 0 Å².